The normalized spacial score (nSPS) is 21.1. The molecular weight excluding hydrogens is 339 g/mol. The van der Waals surface area contributed by atoms with Crippen LogP contribution in [0, 0.1) is 16.4 Å². The molecule has 4 heteroatoms. The van der Waals surface area contributed by atoms with Gasteiger partial charge in [-0.05, 0) is 60.4 Å². The Bertz CT molecular complexity index is 459. The molecule has 1 amide bonds. The van der Waals surface area contributed by atoms with Crippen molar-refractivity contribution in [2.24, 2.45) is 11.7 Å². The Morgan fingerprint density at radius 1 is 1.56 bits per heavy atom. The van der Waals surface area contributed by atoms with E-state index in [0.717, 1.165) is 34.2 Å². The van der Waals surface area contributed by atoms with Gasteiger partial charge in [0.2, 0.25) is 0 Å². The van der Waals surface area contributed by atoms with Crippen LogP contribution in [0.15, 0.2) is 18.2 Å². The highest BCUT2D eigenvalue weighted by atomic mass is 127. The number of hydrogen-bond acceptors (Lipinski definition) is 2. The second kappa shape index (κ2) is 5.57. The van der Waals surface area contributed by atoms with Gasteiger partial charge in [-0.3, -0.25) is 4.79 Å². The number of nitrogens with two attached hydrogens (primary N) is 1. The number of likely N-dealkylation sites (tertiary alicyclic amines) is 1. The van der Waals surface area contributed by atoms with E-state index in [-0.39, 0.29) is 11.9 Å². The average molecular weight is 358 g/mol. The minimum atomic E-state index is 0.145. The lowest BCUT2D eigenvalue weighted by Gasteiger charge is -2.19. The van der Waals surface area contributed by atoms with E-state index in [9.17, 15) is 4.79 Å². The molecule has 0 spiro atoms. The second-order valence-corrected chi connectivity index (χ2v) is 6.17. The van der Waals surface area contributed by atoms with Crippen LogP contribution < -0.4 is 5.73 Å². The zero-order valence-corrected chi connectivity index (χ0v) is 13.0. The SMILES string of the molecule is Cc1cccc(C(=O)N2CCC(C(C)N)C2)c1I. The molecule has 0 bridgehead atoms. The highest BCUT2D eigenvalue weighted by molar-refractivity contribution is 14.1. The van der Waals surface area contributed by atoms with E-state index in [0.29, 0.717) is 5.92 Å². The number of halogens is 1. The van der Waals surface area contributed by atoms with E-state index in [4.69, 9.17) is 5.73 Å². The van der Waals surface area contributed by atoms with Crippen molar-refractivity contribution >= 4 is 28.5 Å². The van der Waals surface area contributed by atoms with Crippen LogP contribution in [-0.4, -0.2) is 29.9 Å². The van der Waals surface area contributed by atoms with Crippen molar-refractivity contribution in [3.05, 3.63) is 32.9 Å². The number of nitrogens with zero attached hydrogens (tertiary/aromatic N) is 1. The highest BCUT2D eigenvalue weighted by Crippen LogP contribution is 2.23. The minimum Gasteiger partial charge on any atom is -0.338 e. The van der Waals surface area contributed by atoms with E-state index in [1.165, 1.54) is 0 Å². The van der Waals surface area contributed by atoms with Crippen molar-refractivity contribution in [2.75, 3.05) is 13.1 Å². The third-order valence-electron chi connectivity index (χ3n) is 3.68. The summed E-state index contributed by atoms with van der Waals surface area (Å²) in [6.45, 7) is 5.68. The average Bonchev–Trinajstić information content (AvgIpc) is 2.81. The Morgan fingerprint density at radius 2 is 2.28 bits per heavy atom. The van der Waals surface area contributed by atoms with Crippen molar-refractivity contribution in [3.8, 4) is 0 Å². The quantitative estimate of drug-likeness (QED) is 0.826. The summed E-state index contributed by atoms with van der Waals surface area (Å²) < 4.78 is 1.06. The Kier molecular flexibility index (Phi) is 4.27. The van der Waals surface area contributed by atoms with Gasteiger partial charge in [-0.2, -0.15) is 0 Å². The summed E-state index contributed by atoms with van der Waals surface area (Å²) in [6.07, 6.45) is 1.02. The van der Waals surface area contributed by atoms with Gasteiger partial charge in [0.15, 0.2) is 0 Å². The largest absolute Gasteiger partial charge is 0.338 e. The molecule has 0 aromatic heterocycles. The number of amides is 1. The molecule has 1 heterocycles. The maximum Gasteiger partial charge on any atom is 0.254 e. The first-order valence-electron chi connectivity index (χ1n) is 6.30. The number of carbonyl (C=O) groups excluding carboxylic acids is 1. The molecule has 1 aromatic rings. The second-order valence-electron chi connectivity index (χ2n) is 5.10. The van der Waals surface area contributed by atoms with Crippen molar-refractivity contribution in [1.82, 2.24) is 4.90 Å². The fourth-order valence-corrected chi connectivity index (χ4v) is 2.97. The highest BCUT2D eigenvalue weighted by Gasteiger charge is 2.29. The molecule has 0 saturated carbocycles. The van der Waals surface area contributed by atoms with Gasteiger partial charge >= 0.3 is 0 Å². The Labute approximate surface area is 122 Å². The molecule has 18 heavy (non-hydrogen) atoms. The van der Waals surface area contributed by atoms with Crippen molar-refractivity contribution in [3.63, 3.8) is 0 Å². The number of benzene rings is 1. The molecule has 1 aromatic carbocycles. The van der Waals surface area contributed by atoms with Crippen LogP contribution in [0.25, 0.3) is 0 Å². The van der Waals surface area contributed by atoms with Gasteiger partial charge in [0.1, 0.15) is 0 Å². The summed E-state index contributed by atoms with van der Waals surface area (Å²) in [5.74, 6) is 0.586. The molecule has 2 rings (SSSR count). The number of hydrogen-bond donors (Lipinski definition) is 1. The lowest BCUT2D eigenvalue weighted by Crippen LogP contribution is -2.33. The molecule has 1 aliphatic rings. The molecule has 2 atom stereocenters. The van der Waals surface area contributed by atoms with Crippen LogP contribution in [0.4, 0.5) is 0 Å². The first-order chi connectivity index (χ1) is 8.50. The van der Waals surface area contributed by atoms with Gasteiger partial charge in [0, 0.05) is 22.7 Å². The summed E-state index contributed by atoms with van der Waals surface area (Å²) in [5.41, 5.74) is 7.89. The predicted octanol–water partition coefficient (Wildman–Crippen LogP) is 2.41. The standard InChI is InChI=1S/C14H19IN2O/c1-9-4-3-5-12(13(9)15)14(18)17-7-6-11(8-17)10(2)16/h3-5,10-11H,6-8,16H2,1-2H3. The lowest BCUT2D eigenvalue weighted by molar-refractivity contribution is 0.0785. The summed E-state index contributed by atoms with van der Waals surface area (Å²) in [4.78, 5) is 14.4. The first-order valence-corrected chi connectivity index (χ1v) is 7.38. The van der Waals surface area contributed by atoms with Crippen LogP contribution in [0.3, 0.4) is 0 Å². The molecule has 1 saturated heterocycles. The fraction of sp³-hybridized carbons (Fsp3) is 0.500. The molecule has 2 unspecified atom stereocenters. The molecular formula is C14H19IN2O. The number of rotatable bonds is 2. The molecule has 2 N–H and O–H groups in total. The Balaban J connectivity index is 2.16. The summed E-state index contributed by atoms with van der Waals surface area (Å²) >= 11 is 2.25. The van der Waals surface area contributed by atoms with Gasteiger partial charge in [-0.1, -0.05) is 12.1 Å². The van der Waals surface area contributed by atoms with Gasteiger partial charge < -0.3 is 10.6 Å². The Hall–Kier alpha value is -0.620. The van der Waals surface area contributed by atoms with Gasteiger partial charge in [0.25, 0.3) is 5.91 Å². The molecule has 0 radical (unpaired) electrons. The third-order valence-corrected chi connectivity index (χ3v) is 5.11. The van der Waals surface area contributed by atoms with Crippen molar-refractivity contribution < 1.29 is 4.79 Å². The van der Waals surface area contributed by atoms with Crippen molar-refractivity contribution in [2.45, 2.75) is 26.3 Å². The maximum atomic E-state index is 12.5. The molecule has 3 nitrogen and oxygen atoms in total. The fourth-order valence-electron chi connectivity index (χ4n) is 2.38. The zero-order chi connectivity index (χ0) is 13.3. The van der Waals surface area contributed by atoms with E-state index in [1.807, 2.05) is 36.9 Å². The van der Waals surface area contributed by atoms with Crippen LogP contribution in [0.5, 0.6) is 0 Å². The number of aryl methyl sites for hydroxylation is 1. The van der Waals surface area contributed by atoms with E-state index < -0.39 is 0 Å². The van der Waals surface area contributed by atoms with Gasteiger partial charge in [-0.15, -0.1) is 0 Å². The lowest BCUT2D eigenvalue weighted by atomic mass is 10.0. The summed E-state index contributed by atoms with van der Waals surface area (Å²) in [6, 6.07) is 6.06. The van der Waals surface area contributed by atoms with E-state index in [2.05, 4.69) is 22.6 Å². The van der Waals surface area contributed by atoms with Gasteiger partial charge in [-0.25, -0.2) is 0 Å². The molecule has 1 fully saturated rings. The smallest absolute Gasteiger partial charge is 0.254 e. The van der Waals surface area contributed by atoms with Crippen LogP contribution in [0.2, 0.25) is 0 Å². The number of carbonyl (C=O) groups is 1. The maximum absolute atomic E-state index is 12.5. The molecule has 98 valence electrons. The third kappa shape index (κ3) is 2.69. The molecule has 1 aliphatic heterocycles. The topological polar surface area (TPSA) is 46.3 Å². The van der Waals surface area contributed by atoms with Crippen molar-refractivity contribution in [1.29, 1.82) is 0 Å². The summed E-state index contributed by atoms with van der Waals surface area (Å²) in [7, 11) is 0. The summed E-state index contributed by atoms with van der Waals surface area (Å²) in [5, 5.41) is 0. The van der Waals surface area contributed by atoms with Crippen LogP contribution >= 0.6 is 22.6 Å². The predicted molar refractivity (Wildman–Crippen MR) is 81.6 cm³/mol. The molecule has 0 aliphatic carbocycles. The first kappa shape index (κ1) is 13.8. The Morgan fingerprint density at radius 3 is 2.89 bits per heavy atom. The van der Waals surface area contributed by atoms with Crippen LogP contribution in [-0.2, 0) is 0 Å². The van der Waals surface area contributed by atoms with E-state index >= 15 is 0 Å². The minimum absolute atomic E-state index is 0.145. The van der Waals surface area contributed by atoms with Gasteiger partial charge in [0.05, 0.1) is 5.56 Å². The monoisotopic (exact) mass is 358 g/mol. The van der Waals surface area contributed by atoms with E-state index in [1.54, 1.807) is 0 Å². The van der Waals surface area contributed by atoms with Crippen LogP contribution in [0.1, 0.15) is 29.3 Å². The zero-order valence-electron chi connectivity index (χ0n) is 10.8.